The fourth-order valence-corrected chi connectivity index (χ4v) is 5.72. The first-order chi connectivity index (χ1) is 15.7. The van der Waals surface area contributed by atoms with Gasteiger partial charge in [-0.15, -0.1) is 0 Å². The number of fused-ring (bicyclic) bond motifs is 2. The van der Waals surface area contributed by atoms with E-state index in [0.29, 0.717) is 17.9 Å². The van der Waals surface area contributed by atoms with Crippen molar-refractivity contribution in [1.82, 2.24) is 15.2 Å². The molecular weight excluding hydrogens is 421 g/mol. The molecule has 32 heavy (non-hydrogen) atoms. The summed E-state index contributed by atoms with van der Waals surface area (Å²) in [6, 6.07) is 14.5. The van der Waals surface area contributed by atoms with Gasteiger partial charge in [-0.05, 0) is 35.7 Å². The number of H-pyrrole nitrogens is 1. The van der Waals surface area contributed by atoms with Gasteiger partial charge in [-0.25, -0.2) is 0 Å². The molecule has 0 aliphatic carbocycles. The van der Waals surface area contributed by atoms with Gasteiger partial charge >= 0.3 is 0 Å². The summed E-state index contributed by atoms with van der Waals surface area (Å²) in [5.74, 6) is 0.140. The molecule has 0 atom stereocenters. The molecule has 1 aromatic heterocycles. The van der Waals surface area contributed by atoms with Gasteiger partial charge in [-0.2, -0.15) is 11.6 Å². The van der Waals surface area contributed by atoms with Crippen molar-refractivity contribution in [2.24, 2.45) is 0 Å². The van der Waals surface area contributed by atoms with Crippen molar-refractivity contribution in [1.29, 1.82) is 0 Å². The maximum atomic E-state index is 13.1. The molecule has 2 aliphatic heterocycles. The number of nitrogens with one attached hydrogen (secondary N) is 2. The van der Waals surface area contributed by atoms with Crippen LogP contribution in [0.1, 0.15) is 21.5 Å². The topological polar surface area (TPSA) is 74.4 Å². The van der Waals surface area contributed by atoms with Crippen molar-refractivity contribution < 1.29 is 9.53 Å². The van der Waals surface area contributed by atoms with Crippen LogP contribution in [0.15, 0.2) is 58.4 Å². The molecule has 3 heterocycles. The van der Waals surface area contributed by atoms with E-state index in [4.69, 9.17) is 4.74 Å². The summed E-state index contributed by atoms with van der Waals surface area (Å²) in [5.41, 5.74) is 3.52. The molecule has 0 radical (unpaired) electrons. The van der Waals surface area contributed by atoms with Gasteiger partial charge in [0, 0.05) is 43.3 Å². The summed E-state index contributed by atoms with van der Waals surface area (Å²) in [4.78, 5) is 32.2. The molecule has 0 bridgehead atoms. The molecular formula is C24H26BN3O3S. The van der Waals surface area contributed by atoms with Crippen LogP contribution >= 0.6 is 11.6 Å². The lowest BCUT2D eigenvalue weighted by atomic mass is 9.73. The Bertz CT molecular complexity index is 1170. The normalized spacial score (nSPS) is 16.3. The summed E-state index contributed by atoms with van der Waals surface area (Å²) < 4.78 is 5.34. The zero-order valence-electron chi connectivity index (χ0n) is 17.9. The number of carbonyl (C=O) groups excluding carboxylic acids is 1. The van der Waals surface area contributed by atoms with Gasteiger partial charge in [0.05, 0.1) is 13.2 Å². The quantitative estimate of drug-likeness (QED) is 0.569. The third kappa shape index (κ3) is 4.63. The molecule has 3 aromatic rings. The Labute approximate surface area is 191 Å². The molecule has 6 nitrogen and oxygen atoms in total. The number of hydrogen-bond donors (Lipinski definition) is 2. The first-order valence-corrected chi connectivity index (χ1v) is 12.0. The van der Waals surface area contributed by atoms with E-state index in [-0.39, 0.29) is 16.9 Å². The van der Waals surface area contributed by atoms with Gasteiger partial charge in [-0.1, -0.05) is 35.4 Å². The number of hydrogen-bond acceptors (Lipinski definition) is 5. The summed E-state index contributed by atoms with van der Waals surface area (Å²) in [5, 5.41) is 3.45. The molecule has 2 N–H and O–H groups in total. The minimum absolute atomic E-state index is 0.162. The van der Waals surface area contributed by atoms with E-state index in [1.807, 2.05) is 18.2 Å². The van der Waals surface area contributed by atoms with E-state index in [2.05, 4.69) is 39.5 Å². The lowest BCUT2D eigenvalue weighted by Crippen LogP contribution is -2.41. The molecule has 8 heteroatoms. The van der Waals surface area contributed by atoms with Crippen LogP contribution in [-0.4, -0.2) is 61.2 Å². The Kier molecular flexibility index (Phi) is 6.34. The highest BCUT2D eigenvalue weighted by Crippen LogP contribution is 2.32. The molecule has 2 aromatic carbocycles. The van der Waals surface area contributed by atoms with Gasteiger partial charge in [-0.3, -0.25) is 14.5 Å². The highest BCUT2D eigenvalue weighted by atomic mass is 32.2. The van der Waals surface area contributed by atoms with Crippen molar-refractivity contribution in [3.8, 4) is 0 Å². The number of rotatable bonds is 6. The van der Waals surface area contributed by atoms with Crippen LogP contribution in [0.5, 0.6) is 0 Å². The average molecular weight is 447 g/mol. The molecule has 1 amide bonds. The first-order valence-electron chi connectivity index (χ1n) is 11.1. The maximum Gasteiger partial charge on any atom is 0.256 e. The van der Waals surface area contributed by atoms with Crippen molar-refractivity contribution in [2.45, 2.75) is 17.5 Å². The van der Waals surface area contributed by atoms with Crippen LogP contribution in [0.3, 0.4) is 0 Å². The Morgan fingerprint density at radius 3 is 2.62 bits per heavy atom. The number of benzene rings is 2. The molecule has 1 saturated heterocycles. The smallest absolute Gasteiger partial charge is 0.256 e. The summed E-state index contributed by atoms with van der Waals surface area (Å²) >= 11 is 1.81. The Balaban J connectivity index is 1.27. The fourth-order valence-electron chi connectivity index (χ4n) is 4.48. The van der Waals surface area contributed by atoms with E-state index < -0.39 is 0 Å². The van der Waals surface area contributed by atoms with E-state index in [9.17, 15) is 9.59 Å². The molecule has 0 saturated carbocycles. The summed E-state index contributed by atoms with van der Waals surface area (Å²) in [6.07, 6.45) is 3.61. The number of carbonyl (C=O) groups is 1. The first kappa shape index (κ1) is 21.3. The van der Waals surface area contributed by atoms with Crippen molar-refractivity contribution >= 4 is 34.4 Å². The number of ether oxygens (including phenoxy) is 1. The van der Waals surface area contributed by atoms with Crippen LogP contribution in [-0.2, 0) is 17.4 Å². The minimum atomic E-state index is -0.328. The molecule has 0 spiro atoms. The van der Waals surface area contributed by atoms with Gasteiger partial charge in [0.15, 0.2) is 0 Å². The summed E-state index contributed by atoms with van der Waals surface area (Å²) in [7, 11) is 0. The van der Waals surface area contributed by atoms with Crippen LogP contribution < -0.4 is 10.7 Å². The van der Waals surface area contributed by atoms with E-state index in [0.717, 1.165) is 55.9 Å². The highest BCUT2D eigenvalue weighted by molar-refractivity contribution is 8.25. The lowest BCUT2D eigenvalue weighted by Gasteiger charge is -2.26. The number of morpholine rings is 1. The number of nitrogens with zero attached hydrogens (tertiary/aromatic N) is 1. The second-order valence-electron chi connectivity index (χ2n) is 8.37. The molecule has 2 aliphatic rings. The number of amides is 1. The maximum absolute atomic E-state index is 13.1. The van der Waals surface area contributed by atoms with Crippen LogP contribution in [0, 0.1) is 0 Å². The van der Waals surface area contributed by atoms with Gasteiger partial charge < -0.3 is 15.0 Å². The Morgan fingerprint density at radius 2 is 1.88 bits per heavy atom. The molecule has 164 valence electrons. The predicted molar refractivity (Wildman–Crippen MR) is 130 cm³/mol. The second-order valence-corrected chi connectivity index (χ2v) is 9.74. The van der Waals surface area contributed by atoms with E-state index in [1.54, 1.807) is 11.6 Å². The van der Waals surface area contributed by atoms with Crippen molar-refractivity contribution in [3.63, 3.8) is 0 Å². The van der Waals surface area contributed by atoms with Crippen LogP contribution in [0.2, 0.25) is 0 Å². The monoisotopic (exact) mass is 447 g/mol. The minimum Gasteiger partial charge on any atom is -0.379 e. The zero-order chi connectivity index (χ0) is 21.9. The second kappa shape index (κ2) is 9.52. The van der Waals surface area contributed by atoms with E-state index >= 15 is 0 Å². The van der Waals surface area contributed by atoms with Gasteiger partial charge in [0.25, 0.3) is 5.91 Å². The fraction of sp³-hybridized carbons (Fsp3) is 0.333. The zero-order valence-corrected chi connectivity index (χ0v) is 18.7. The van der Waals surface area contributed by atoms with Gasteiger partial charge in [0.2, 0.25) is 11.4 Å². The SMILES string of the molecule is O=C(NCCN1CCOCC1)c1c[nH]c2ccc(SB3Cc4ccccc4C3)cc2c1=O. The van der Waals surface area contributed by atoms with Crippen molar-refractivity contribution in [3.05, 3.63) is 75.6 Å². The highest BCUT2D eigenvalue weighted by Gasteiger charge is 2.25. The number of aromatic amines is 1. The Morgan fingerprint density at radius 1 is 1.12 bits per heavy atom. The largest absolute Gasteiger partial charge is 0.379 e. The number of pyridine rings is 1. The van der Waals surface area contributed by atoms with Crippen LogP contribution in [0.4, 0.5) is 0 Å². The molecule has 5 rings (SSSR count). The standard InChI is InChI=1S/C24H26BN3O3S/c29-23-20-13-19(32-25-14-17-3-1-2-4-18(17)15-25)5-6-22(20)27-16-21(23)24(30)26-7-8-28-9-11-31-12-10-28/h1-6,13,16H,7-12,14-15H2,(H,26,30)(H,27,29). The molecule has 0 unspecified atom stereocenters. The average Bonchev–Trinajstić information content (AvgIpc) is 3.22. The predicted octanol–water partition coefficient (Wildman–Crippen LogP) is 2.55. The third-order valence-electron chi connectivity index (χ3n) is 6.23. The summed E-state index contributed by atoms with van der Waals surface area (Å²) in [6.45, 7) is 4.47. The Hall–Kier alpha value is -2.55. The van der Waals surface area contributed by atoms with E-state index in [1.165, 1.54) is 17.3 Å². The van der Waals surface area contributed by atoms with Gasteiger partial charge in [0.1, 0.15) is 5.56 Å². The molecule has 1 fully saturated rings. The van der Waals surface area contributed by atoms with Crippen LogP contribution in [0.25, 0.3) is 10.9 Å². The van der Waals surface area contributed by atoms with Crippen molar-refractivity contribution in [2.75, 3.05) is 39.4 Å². The number of aromatic nitrogens is 1. The lowest BCUT2D eigenvalue weighted by molar-refractivity contribution is 0.0383. The third-order valence-corrected chi connectivity index (χ3v) is 7.42.